The summed E-state index contributed by atoms with van der Waals surface area (Å²) in [6, 6.07) is 18.1. The van der Waals surface area contributed by atoms with Gasteiger partial charge in [0, 0.05) is 29.1 Å². The Balaban J connectivity index is 1.36. The molecule has 9 nitrogen and oxygen atoms in total. The quantitative estimate of drug-likeness (QED) is 0.322. The maximum atomic E-state index is 12.2. The monoisotopic (exact) mass is 478 g/mol. The van der Waals surface area contributed by atoms with E-state index in [9.17, 15) is 4.79 Å². The fourth-order valence-corrected chi connectivity index (χ4v) is 3.85. The fraction of sp³-hybridized carbons (Fsp3) is 0.148. The smallest absolute Gasteiger partial charge is 0.249 e. The average molecular weight is 479 g/mol. The van der Waals surface area contributed by atoms with Crippen LogP contribution in [0, 0.1) is 0 Å². The van der Waals surface area contributed by atoms with Crippen LogP contribution in [0.5, 0.6) is 0 Å². The van der Waals surface area contributed by atoms with Crippen LogP contribution in [-0.4, -0.2) is 56.2 Å². The Labute approximate surface area is 208 Å². The van der Waals surface area contributed by atoms with Crippen molar-refractivity contribution < 1.29 is 4.79 Å². The first-order valence-corrected chi connectivity index (χ1v) is 11.5. The van der Waals surface area contributed by atoms with Crippen LogP contribution in [0.2, 0.25) is 0 Å². The molecule has 3 heterocycles. The van der Waals surface area contributed by atoms with E-state index >= 15 is 0 Å². The van der Waals surface area contributed by atoms with E-state index in [0.717, 1.165) is 22.0 Å². The molecular weight excluding hydrogens is 452 g/mol. The second-order valence-corrected chi connectivity index (χ2v) is 8.65. The molecule has 0 aliphatic heterocycles. The number of benzene rings is 2. The fourth-order valence-electron chi connectivity index (χ4n) is 3.85. The number of nitrogens with zero attached hydrogens (tertiary/aromatic N) is 6. The molecule has 5 aromatic rings. The second kappa shape index (κ2) is 10.3. The Morgan fingerprint density at radius 2 is 1.89 bits per heavy atom. The first kappa shape index (κ1) is 23.1. The number of carbonyl (C=O) groups is 1. The van der Waals surface area contributed by atoms with Gasteiger partial charge in [0.25, 0.3) is 0 Å². The minimum Gasteiger partial charge on any atom is -0.340 e. The summed E-state index contributed by atoms with van der Waals surface area (Å²) < 4.78 is 1.99. The van der Waals surface area contributed by atoms with Crippen LogP contribution in [0.4, 0.5) is 17.3 Å². The number of pyridine rings is 1. The number of nitrogens with one attached hydrogen (secondary N) is 2. The minimum absolute atomic E-state index is 0.243. The highest BCUT2D eigenvalue weighted by molar-refractivity contribution is 6.00. The predicted octanol–water partition coefficient (Wildman–Crippen LogP) is 4.22. The van der Waals surface area contributed by atoms with Crippen LogP contribution in [0.25, 0.3) is 21.8 Å². The predicted molar refractivity (Wildman–Crippen MR) is 142 cm³/mol. The van der Waals surface area contributed by atoms with E-state index in [1.165, 1.54) is 18.0 Å². The number of hydrogen-bond acceptors (Lipinski definition) is 7. The van der Waals surface area contributed by atoms with Gasteiger partial charge in [0.2, 0.25) is 5.91 Å². The van der Waals surface area contributed by atoms with Crippen molar-refractivity contribution in [2.24, 2.45) is 0 Å². The first-order chi connectivity index (χ1) is 17.5. The summed E-state index contributed by atoms with van der Waals surface area (Å²) >= 11 is 0. The number of likely N-dealkylation sites (N-methyl/N-ethyl adjacent to an activating group) is 1. The van der Waals surface area contributed by atoms with Gasteiger partial charge in [0.05, 0.1) is 30.0 Å². The molecule has 0 aliphatic rings. The number of carbonyl (C=O) groups excluding carboxylic acids is 1. The van der Waals surface area contributed by atoms with Gasteiger partial charge in [-0.1, -0.05) is 36.4 Å². The molecule has 0 unspecified atom stereocenters. The van der Waals surface area contributed by atoms with Gasteiger partial charge < -0.3 is 15.5 Å². The van der Waals surface area contributed by atoms with E-state index in [-0.39, 0.29) is 5.91 Å². The first-order valence-electron chi connectivity index (χ1n) is 11.5. The molecule has 180 valence electrons. The summed E-state index contributed by atoms with van der Waals surface area (Å²) in [6.07, 6.45) is 8.27. The van der Waals surface area contributed by atoms with E-state index in [2.05, 4.69) is 42.8 Å². The van der Waals surface area contributed by atoms with E-state index in [4.69, 9.17) is 0 Å². The van der Waals surface area contributed by atoms with Crippen LogP contribution in [0.15, 0.2) is 85.5 Å². The lowest BCUT2D eigenvalue weighted by molar-refractivity contribution is -0.111. The Morgan fingerprint density at radius 1 is 1.03 bits per heavy atom. The third-order valence-electron chi connectivity index (χ3n) is 5.59. The van der Waals surface area contributed by atoms with Crippen molar-refractivity contribution in [2.45, 2.75) is 6.54 Å². The summed E-state index contributed by atoms with van der Waals surface area (Å²) in [7, 11) is 3.88. The Bertz CT molecular complexity index is 1540. The Morgan fingerprint density at radius 3 is 2.72 bits per heavy atom. The second-order valence-electron chi connectivity index (χ2n) is 8.65. The van der Waals surface area contributed by atoms with Gasteiger partial charge in [0.15, 0.2) is 0 Å². The minimum atomic E-state index is -0.243. The molecule has 0 aliphatic carbocycles. The Kier molecular flexibility index (Phi) is 6.63. The number of fused-ring (bicyclic) bond motifs is 2. The maximum Gasteiger partial charge on any atom is 0.249 e. The molecule has 3 aromatic heterocycles. The standard InChI is InChI=1S/C27H26N8O/c1-34(2)12-6-9-26(36)33-25-14-22-23(16-28-25)29-18-30-27(22)32-21-10-11-24-20(13-21)15-31-35(24)17-19-7-4-3-5-8-19/h3-11,13-16,18H,12,17H2,1-2H3,(H,28,33,36)(H,29,30,32). The van der Waals surface area contributed by atoms with E-state index in [0.29, 0.717) is 30.2 Å². The van der Waals surface area contributed by atoms with Crippen molar-refractivity contribution >= 4 is 45.0 Å². The molecule has 9 heteroatoms. The van der Waals surface area contributed by atoms with Crippen molar-refractivity contribution in [3.05, 3.63) is 91.0 Å². The van der Waals surface area contributed by atoms with Crippen LogP contribution in [-0.2, 0) is 11.3 Å². The third-order valence-corrected chi connectivity index (χ3v) is 5.59. The van der Waals surface area contributed by atoms with Crippen LogP contribution >= 0.6 is 0 Å². The zero-order valence-electron chi connectivity index (χ0n) is 20.1. The van der Waals surface area contributed by atoms with E-state index in [1.807, 2.05) is 66.3 Å². The molecule has 0 atom stereocenters. The van der Waals surface area contributed by atoms with E-state index < -0.39 is 0 Å². The number of hydrogen-bond donors (Lipinski definition) is 2. The molecule has 0 saturated carbocycles. The number of aromatic nitrogens is 5. The summed E-state index contributed by atoms with van der Waals surface area (Å²) in [5.74, 6) is 0.808. The zero-order chi connectivity index (χ0) is 24.9. The van der Waals surface area contributed by atoms with Gasteiger partial charge in [0.1, 0.15) is 18.0 Å². The van der Waals surface area contributed by atoms with Gasteiger partial charge in [-0.2, -0.15) is 5.10 Å². The average Bonchev–Trinajstić information content (AvgIpc) is 3.26. The Hall–Kier alpha value is -4.63. The van der Waals surface area contributed by atoms with Crippen molar-refractivity contribution in [1.29, 1.82) is 0 Å². The van der Waals surface area contributed by atoms with Gasteiger partial charge in [-0.15, -0.1) is 0 Å². The molecule has 0 radical (unpaired) electrons. The van der Waals surface area contributed by atoms with Gasteiger partial charge >= 0.3 is 0 Å². The largest absolute Gasteiger partial charge is 0.340 e. The summed E-state index contributed by atoms with van der Waals surface area (Å²) in [5.41, 5.74) is 3.79. The van der Waals surface area contributed by atoms with Crippen molar-refractivity contribution in [3.8, 4) is 0 Å². The van der Waals surface area contributed by atoms with Crippen LogP contribution < -0.4 is 10.6 Å². The van der Waals surface area contributed by atoms with Gasteiger partial charge in [-0.25, -0.2) is 15.0 Å². The molecule has 2 N–H and O–H groups in total. The van der Waals surface area contributed by atoms with Crippen molar-refractivity contribution in [3.63, 3.8) is 0 Å². The molecule has 2 aromatic carbocycles. The highest BCUT2D eigenvalue weighted by Crippen LogP contribution is 2.27. The number of rotatable bonds is 8. The summed E-state index contributed by atoms with van der Waals surface area (Å²) in [6.45, 7) is 1.38. The summed E-state index contributed by atoms with van der Waals surface area (Å²) in [5, 5.41) is 12.5. The topological polar surface area (TPSA) is 101 Å². The lowest BCUT2D eigenvalue weighted by atomic mass is 10.2. The normalized spacial score (nSPS) is 11.5. The molecule has 5 rings (SSSR count). The lowest BCUT2D eigenvalue weighted by Gasteiger charge is -2.10. The highest BCUT2D eigenvalue weighted by Gasteiger charge is 2.10. The molecule has 0 fully saturated rings. The van der Waals surface area contributed by atoms with Crippen LogP contribution in [0.1, 0.15) is 5.56 Å². The summed E-state index contributed by atoms with van der Waals surface area (Å²) in [4.78, 5) is 27.3. The molecular formula is C27H26N8O. The van der Waals surface area contributed by atoms with Crippen molar-refractivity contribution in [2.75, 3.05) is 31.3 Å². The molecule has 1 amide bonds. The zero-order valence-corrected chi connectivity index (χ0v) is 20.1. The highest BCUT2D eigenvalue weighted by atomic mass is 16.1. The van der Waals surface area contributed by atoms with Crippen molar-refractivity contribution in [1.82, 2.24) is 29.6 Å². The number of anilines is 3. The number of amides is 1. The maximum absolute atomic E-state index is 12.2. The lowest BCUT2D eigenvalue weighted by Crippen LogP contribution is -2.13. The van der Waals surface area contributed by atoms with Gasteiger partial charge in [-0.3, -0.25) is 9.48 Å². The molecule has 0 spiro atoms. The SMILES string of the molecule is CN(C)CC=CC(=O)Nc1cc2c(Nc3ccc4c(cnn4Cc4ccccc4)c3)ncnc2cn1. The molecule has 0 bridgehead atoms. The third kappa shape index (κ3) is 5.37. The van der Waals surface area contributed by atoms with Gasteiger partial charge in [-0.05, 0) is 43.9 Å². The molecule has 36 heavy (non-hydrogen) atoms. The van der Waals surface area contributed by atoms with E-state index in [1.54, 1.807) is 18.3 Å². The molecule has 0 saturated heterocycles. The van der Waals surface area contributed by atoms with Crippen LogP contribution in [0.3, 0.4) is 0 Å².